The molecule has 0 bridgehead atoms. The van der Waals surface area contributed by atoms with Gasteiger partial charge in [-0.1, -0.05) is 0 Å². The molecule has 6 heteroatoms. The first-order valence-electron chi connectivity index (χ1n) is 7.48. The average Bonchev–Trinajstić information content (AvgIpc) is 2.91. The van der Waals surface area contributed by atoms with Gasteiger partial charge in [-0.15, -0.1) is 0 Å². The van der Waals surface area contributed by atoms with Crippen LogP contribution < -0.4 is 5.32 Å². The van der Waals surface area contributed by atoms with E-state index < -0.39 is 0 Å². The van der Waals surface area contributed by atoms with Gasteiger partial charge in [0.2, 0.25) is 5.13 Å². The maximum Gasteiger partial charge on any atom is 0.202 e. The number of nitrogens with zero attached hydrogens (tertiary/aromatic N) is 3. The van der Waals surface area contributed by atoms with Crippen molar-refractivity contribution in [2.75, 3.05) is 38.7 Å². The minimum atomic E-state index is 0.653. The van der Waals surface area contributed by atoms with Gasteiger partial charge in [0, 0.05) is 44.2 Å². The van der Waals surface area contributed by atoms with E-state index in [1.165, 1.54) is 37.5 Å². The van der Waals surface area contributed by atoms with Gasteiger partial charge in [0.15, 0.2) is 0 Å². The van der Waals surface area contributed by atoms with E-state index in [2.05, 4.69) is 33.4 Å². The molecule has 0 radical (unpaired) electrons. The maximum absolute atomic E-state index is 5.04. The number of rotatable bonds is 7. The highest BCUT2D eigenvalue weighted by Crippen LogP contribution is 2.20. The summed E-state index contributed by atoms with van der Waals surface area (Å²) in [5, 5.41) is 4.39. The van der Waals surface area contributed by atoms with Gasteiger partial charge in [0.25, 0.3) is 0 Å². The summed E-state index contributed by atoms with van der Waals surface area (Å²) in [6.45, 7) is 8.68. The summed E-state index contributed by atoms with van der Waals surface area (Å²) in [4.78, 5) is 7.06. The van der Waals surface area contributed by atoms with Crippen LogP contribution in [-0.2, 0) is 11.2 Å². The lowest BCUT2D eigenvalue weighted by molar-refractivity contribution is 0.145. The Balaban J connectivity index is 1.75. The smallest absolute Gasteiger partial charge is 0.202 e. The minimum Gasteiger partial charge on any atom is -0.384 e. The van der Waals surface area contributed by atoms with Crippen molar-refractivity contribution in [2.45, 2.75) is 39.2 Å². The van der Waals surface area contributed by atoms with E-state index in [-0.39, 0.29) is 0 Å². The zero-order valence-electron chi connectivity index (χ0n) is 12.8. The fraction of sp³-hybridized carbons (Fsp3) is 0.857. The van der Waals surface area contributed by atoms with Crippen molar-refractivity contribution in [1.82, 2.24) is 14.3 Å². The molecule has 1 aromatic rings. The first-order chi connectivity index (χ1) is 9.69. The fourth-order valence-corrected chi connectivity index (χ4v) is 3.20. The Bertz CT molecular complexity index is 396. The Morgan fingerprint density at radius 3 is 3.10 bits per heavy atom. The summed E-state index contributed by atoms with van der Waals surface area (Å²) in [7, 11) is 1.70. The van der Waals surface area contributed by atoms with E-state index in [9.17, 15) is 0 Å². The number of piperidine rings is 1. The molecule has 0 amide bonds. The van der Waals surface area contributed by atoms with Gasteiger partial charge in [-0.2, -0.15) is 4.37 Å². The second kappa shape index (κ2) is 7.90. The lowest BCUT2D eigenvalue weighted by Gasteiger charge is -2.35. The normalized spacial score (nSPS) is 20.5. The molecule has 1 atom stereocenters. The van der Waals surface area contributed by atoms with E-state index in [0.29, 0.717) is 12.6 Å². The zero-order chi connectivity index (χ0) is 14.4. The van der Waals surface area contributed by atoms with Crippen LogP contribution in [0.2, 0.25) is 0 Å². The summed E-state index contributed by atoms with van der Waals surface area (Å²) in [5.41, 5.74) is 0. The van der Waals surface area contributed by atoms with Crippen molar-refractivity contribution < 1.29 is 4.74 Å². The van der Waals surface area contributed by atoms with Crippen LogP contribution in [0.15, 0.2) is 0 Å². The molecule has 0 saturated carbocycles. The summed E-state index contributed by atoms with van der Waals surface area (Å²) in [6, 6.07) is 0.653. The van der Waals surface area contributed by atoms with Gasteiger partial charge < -0.3 is 15.0 Å². The van der Waals surface area contributed by atoms with Crippen LogP contribution in [0.5, 0.6) is 0 Å². The Labute approximate surface area is 125 Å². The van der Waals surface area contributed by atoms with E-state index in [0.717, 1.165) is 29.8 Å². The summed E-state index contributed by atoms with van der Waals surface area (Å²) < 4.78 is 9.38. The molecule has 1 aliphatic rings. The lowest BCUT2D eigenvalue weighted by atomic mass is 9.97. The van der Waals surface area contributed by atoms with E-state index in [4.69, 9.17) is 4.74 Å². The van der Waals surface area contributed by atoms with Crippen LogP contribution in [-0.4, -0.2) is 53.7 Å². The molecule has 20 heavy (non-hydrogen) atoms. The van der Waals surface area contributed by atoms with Gasteiger partial charge in [-0.3, -0.25) is 0 Å². The van der Waals surface area contributed by atoms with Crippen molar-refractivity contribution in [3.05, 3.63) is 5.82 Å². The molecule has 1 N–H and O–H groups in total. The van der Waals surface area contributed by atoms with Crippen molar-refractivity contribution >= 4 is 16.7 Å². The standard InChI is InChI=1S/C14H26N4OS/c1-11(2)18-7-4-5-12(10-18)9-15-14-16-13(17-20-14)6-8-19-3/h11-12H,4-10H2,1-3H3,(H,15,16,17). The van der Waals surface area contributed by atoms with E-state index >= 15 is 0 Å². The molecule has 1 saturated heterocycles. The number of aromatic nitrogens is 2. The molecule has 1 aromatic heterocycles. The second-order valence-corrected chi connectivity index (χ2v) is 6.49. The average molecular weight is 298 g/mol. The highest BCUT2D eigenvalue weighted by Gasteiger charge is 2.21. The molecule has 2 rings (SSSR count). The van der Waals surface area contributed by atoms with Crippen LogP contribution in [0.25, 0.3) is 0 Å². The van der Waals surface area contributed by atoms with Gasteiger partial charge in [0.1, 0.15) is 5.82 Å². The second-order valence-electron chi connectivity index (χ2n) is 5.74. The highest BCUT2D eigenvalue weighted by molar-refractivity contribution is 7.09. The zero-order valence-corrected chi connectivity index (χ0v) is 13.6. The Morgan fingerprint density at radius 1 is 1.50 bits per heavy atom. The molecule has 1 aliphatic heterocycles. The van der Waals surface area contributed by atoms with Crippen LogP contribution in [0.4, 0.5) is 5.13 Å². The quantitative estimate of drug-likeness (QED) is 0.837. The molecule has 0 aliphatic carbocycles. The van der Waals surface area contributed by atoms with Crippen LogP contribution in [0.1, 0.15) is 32.5 Å². The number of hydrogen-bond acceptors (Lipinski definition) is 6. The van der Waals surface area contributed by atoms with Crippen LogP contribution in [0, 0.1) is 5.92 Å². The van der Waals surface area contributed by atoms with E-state index in [1.54, 1.807) is 7.11 Å². The maximum atomic E-state index is 5.04. The SMILES string of the molecule is COCCc1nsc(NCC2CCCN(C(C)C)C2)n1. The fourth-order valence-electron chi connectivity index (χ4n) is 2.59. The first kappa shape index (κ1) is 15.7. The molecule has 114 valence electrons. The predicted molar refractivity (Wildman–Crippen MR) is 83.4 cm³/mol. The predicted octanol–water partition coefficient (Wildman–Crippen LogP) is 2.26. The topological polar surface area (TPSA) is 50.3 Å². The number of likely N-dealkylation sites (tertiary alicyclic amines) is 1. The Morgan fingerprint density at radius 2 is 2.35 bits per heavy atom. The van der Waals surface area contributed by atoms with Crippen molar-refractivity contribution in [1.29, 1.82) is 0 Å². The summed E-state index contributed by atoms with van der Waals surface area (Å²) in [5.74, 6) is 1.60. The van der Waals surface area contributed by atoms with Crippen LogP contribution >= 0.6 is 11.5 Å². The number of anilines is 1. The Hall–Kier alpha value is -0.720. The largest absolute Gasteiger partial charge is 0.384 e. The molecule has 1 fully saturated rings. The third kappa shape index (κ3) is 4.68. The molecule has 0 aromatic carbocycles. The van der Waals surface area contributed by atoms with Crippen molar-refractivity contribution in [3.63, 3.8) is 0 Å². The number of ether oxygens (including phenoxy) is 1. The van der Waals surface area contributed by atoms with Crippen LogP contribution in [0.3, 0.4) is 0 Å². The third-order valence-corrected chi connectivity index (χ3v) is 4.53. The molecule has 2 heterocycles. The minimum absolute atomic E-state index is 0.653. The number of hydrogen-bond donors (Lipinski definition) is 1. The number of nitrogens with one attached hydrogen (secondary N) is 1. The van der Waals surface area contributed by atoms with E-state index in [1.807, 2.05) is 0 Å². The highest BCUT2D eigenvalue weighted by atomic mass is 32.1. The van der Waals surface area contributed by atoms with Crippen molar-refractivity contribution in [2.24, 2.45) is 5.92 Å². The molecule has 1 unspecified atom stereocenters. The van der Waals surface area contributed by atoms with Gasteiger partial charge in [0.05, 0.1) is 6.61 Å². The molecule has 5 nitrogen and oxygen atoms in total. The van der Waals surface area contributed by atoms with Gasteiger partial charge >= 0.3 is 0 Å². The molecular weight excluding hydrogens is 272 g/mol. The Kier molecular flexibility index (Phi) is 6.19. The molecule has 0 spiro atoms. The van der Waals surface area contributed by atoms with Gasteiger partial charge in [-0.25, -0.2) is 4.98 Å². The number of methoxy groups -OCH3 is 1. The third-order valence-electron chi connectivity index (χ3n) is 3.82. The van der Waals surface area contributed by atoms with Gasteiger partial charge in [-0.05, 0) is 39.2 Å². The van der Waals surface area contributed by atoms with Crippen molar-refractivity contribution in [3.8, 4) is 0 Å². The summed E-state index contributed by atoms with van der Waals surface area (Å²) in [6.07, 6.45) is 3.41. The molecular formula is C14H26N4OS. The monoisotopic (exact) mass is 298 g/mol. The summed E-state index contributed by atoms with van der Waals surface area (Å²) >= 11 is 1.45. The lowest BCUT2D eigenvalue weighted by Crippen LogP contribution is -2.41. The first-order valence-corrected chi connectivity index (χ1v) is 8.26.